The molecule has 0 spiro atoms. The molecule has 4 N–H and O–H groups in total. The molecule has 1 aromatic carbocycles. The summed E-state index contributed by atoms with van der Waals surface area (Å²) in [6.45, 7) is 0. The monoisotopic (exact) mass is 402 g/mol. The standard InChI is InChI=1S/C22H26N8/c1-30(16-11-14-3-4-15(12-16)26-14)21-8-7-20(27-28-21)17-5-6-19(24-10-2-9-23)18-13-25-29-22(17)18/h2,5-10,13-16,26H,3-4,11-12,23H2,1H3,(H,25,29)/b9-2-,24-10?. The number of aliphatic imine (C=N–C) groups is 1. The highest BCUT2D eigenvalue weighted by molar-refractivity contribution is 6.00. The Hall–Kier alpha value is -3.26. The second-order valence-corrected chi connectivity index (χ2v) is 8.10. The van der Waals surface area contributed by atoms with Crippen LogP contribution in [0.1, 0.15) is 25.7 Å². The zero-order valence-electron chi connectivity index (χ0n) is 17.0. The molecule has 0 saturated carbocycles. The van der Waals surface area contributed by atoms with E-state index < -0.39 is 0 Å². The second kappa shape index (κ2) is 7.87. The van der Waals surface area contributed by atoms with Gasteiger partial charge in [0.15, 0.2) is 5.82 Å². The third kappa shape index (κ3) is 3.43. The summed E-state index contributed by atoms with van der Waals surface area (Å²) in [5.41, 5.74) is 8.86. The summed E-state index contributed by atoms with van der Waals surface area (Å²) in [6.07, 6.45) is 11.5. The van der Waals surface area contributed by atoms with E-state index in [-0.39, 0.29) is 0 Å². The quantitative estimate of drug-likeness (QED) is 0.566. The van der Waals surface area contributed by atoms with Crippen LogP contribution in [-0.2, 0) is 0 Å². The number of nitrogens with two attached hydrogens (primary N) is 1. The SMILES string of the molecule is CN(c1ccc(-c2ccc(N=C/C=C\N)c3cn[nH]c23)nn1)C1CC2CCC(C1)N2. The van der Waals surface area contributed by atoms with Gasteiger partial charge in [-0.1, -0.05) is 0 Å². The van der Waals surface area contributed by atoms with Crippen LogP contribution >= 0.6 is 0 Å². The number of aromatic amines is 1. The summed E-state index contributed by atoms with van der Waals surface area (Å²) in [7, 11) is 2.13. The number of allylic oxidation sites excluding steroid dienone is 1. The minimum Gasteiger partial charge on any atom is -0.405 e. The third-order valence-electron chi connectivity index (χ3n) is 6.29. The number of fused-ring (bicyclic) bond motifs is 3. The fraction of sp³-hybridized carbons (Fsp3) is 0.364. The molecular formula is C22H26N8. The first-order valence-electron chi connectivity index (χ1n) is 10.4. The molecule has 2 aromatic heterocycles. The Balaban J connectivity index is 1.40. The lowest BCUT2D eigenvalue weighted by atomic mass is 9.98. The number of aromatic nitrogens is 4. The van der Waals surface area contributed by atoms with Crippen LogP contribution in [0.5, 0.6) is 0 Å². The first kappa shape index (κ1) is 18.7. The molecule has 2 saturated heterocycles. The summed E-state index contributed by atoms with van der Waals surface area (Å²) < 4.78 is 0. The number of anilines is 1. The molecule has 5 rings (SSSR count). The maximum Gasteiger partial charge on any atom is 0.151 e. The van der Waals surface area contributed by atoms with Crippen molar-refractivity contribution in [2.24, 2.45) is 10.7 Å². The van der Waals surface area contributed by atoms with Crippen molar-refractivity contribution in [1.29, 1.82) is 0 Å². The molecule has 0 aliphatic carbocycles. The minimum atomic E-state index is 0.517. The molecule has 30 heavy (non-hydrogen) atoms. The Morgan fingerprint density at radius 1 is 1.13 bits per heavy atom. The molecule has 3 aromatic rings. The predicted molar refractivity (Wildman–Crippen MR) is 120 cm³/mol. The third-order valence-corrected chi connectivity index (χ3v) is 6.29. The van der Waals surface area contributed by atoms with Gasteiger partial charge in [0, 0.05) is 42.3 Å². The molecule has 154 valence electrons. The first-order valence-corrected chi connectivity index (χ1v) is 10.4. The minimum absolute atomic E-state index is 0.517. The average Bonchev–Trinajstić information content (AvgIpc) is 3.40. The topological polar surface area (TPSA) is 108 Å². The van der Waals surface area contributed by atoms with E-state index in [0.29, 0.717) is 18.1 Å². The van der Waals surface area contributed by atoms with Crippen molar-refractivity contribution >= 4 is 28.6 Å². The van der Waals surface area contributed by atoms with Gasteiger partial charge >= 0.3 is 0 Å². The second-order valence-electron chi connectivity index (χ2n) is 8.10. The fourth-order valence-electron chi connectivity index (χ4n) is 4.71. The summed E-state index contributed by atoms with van der Waals surface area (Å²) in [4.78, 5) is 6.73. The van der Waals surface area contributed by atoms with E-state index in [1.807, 2.05) is 18.2 Å². The Labute approximate surface area is 175 Å². The van der Waals surface area contributed by atoms with Crippen molar-refractivity contribution in [3.05, 3.63) is 42.7 Å². The molecule has 8 heteroatoms. The molecule has 2 aliphatic heterocycles. The molecule has 2 fully saturated rings. The molecule has 2 aliphatic rings. The van der Waals surface area contributed by atoms with Crippen LogP contribution in [0.2, 0.25) is 0 Å². The van der Waals surface area contributed by atoms with Crippen LogP contribution < -0.4 is 16.0 Å². The van der Waals surface area contributed by atoms with Crippen LogP contribution in [0.15, 0.2) is 47.7 Å². The van der Waals surface area contributed by atoms with E-state index in [0.717, 1.165) is 33.7 Å². The fourth-order valence-corrected chi connectivity index (χ4v) is 4.71. The Bertz CT molecular complexity index is 1070. The molecule has 8 nitrogen and oxygen atoms in total. The van der Waals surface area contributed by atoms with Gasteiger partial charge in [-0.2, -0.15) is 5.10 Å². The van der Waals surface area contributed by atoms with Crippen molar-refractivity contribution in [3.63, 3.8) is 0 Å². The number of hydrogen-bond acceptors (Lipinski definition) is 7. The maximum absolute atomic E-state index is 5.37. The van der Waals surface area contributed by atoms with Gasteiger partial charge in [0.25, 0.3) is 0 Å². The highest BCUT2D eigenvalue weighted by Gasteiger charge is 2.35. The first-order chi connectivity index (χ1) is 14.7. The molecule has 0 amide bonds. The van der Waals surface area contributed by atoms with E-state index in [1.54, 1.807) is 18.5 Å². The molecule has 2 unspecified atom stereocenters. The van der Waals surface area contributed by atoms with Crippen molar-refractivity contribution < 1.29 is 0 Å². The number of benzene rings is 1. The number of piperidine rings is 1. The molecular weight excluding hydrogens is 376 g/mol. The van der Waals surface area contributed by atoms with E-state index in [1.165, 1.54) is 31.9 Å². The van der Waals surface area contributed by atoms with Gasteiger partial charge in [0.2, 0.25) is 0 Å². The summed E-state index contributed by atoms with van der Waals surface area (Å²) in [5.74, 6) is 0.917. The Kier molecular flexibility index (Phi) is 4.92. The van der Waals surface area contributed by atoms with Crippen molar-refractivity contribution in [2.75, 3.05) is 11.9 Å². The van der Waals surface area contributed by atoms with Crippen LogP contribution in [0.25, 0.3) is 22.2 Å². The number of nitrogens with zero attached hydrogens (tertiary/aromatic N) is 5. The lowest BCUT2D eigenvalue weighted by Crippen LogP contribution is -2.47. The predicted octanol–water partition coefficient (Wildman–Crippen LogP) is 2.91. The number of rotatable bonds is 5. The summed E-state index contributed by atoms with van der Waals surface area (Å²) in [5, 5.41) is 21.0. The largest absolute Gasteiger partial charge is 0.405 e. The van der Waals surface area contributed by atoms with E-state index in [4.69, 9.17) is 5.73 Å². The van der Waals surface area contributed by atoms with Crippen LogP contribution in [0.3, 0.4) is 0 Å². The van der Waals surface area contributed by atoms with Crippen LogP contribution in [0, 0.1) is 0 Å². The highest BCUT2D eigenvalue weighted by atomic mass is 15.3. The summed E-state index contributed by atoms with van der Waals surface area (Å²) in [6, 6.07) is 9.87. The zero-order chi connectivity index (χ0) is 20.5. The van der Waals surface area contributed by atoms with Gasteiger partial charge in [0.05, 0.1) is 23.1 Å². The number of hydrogen-bond donors (Lipinski definition) is 3. The van der Waals surface area contributed by atoms with Crippen molar-refractivity contribution in [1.82, 2.24) is 25.7 Å². The van der Waals surface area contributed by atoms with Gasteiger partial charge in [-0.25, -0.2) is 0 Å². The smallest absolute Gasteiger partial charge is 0.151 e. The van der Waals surface area contributed by atoms with E-state index in [2.05, 4.69) is 48.7 Å². The lowest BCUT2D eigenvalue weighted by molar-refractivity contribution is 0.353. The van der Waals surface area contributed by atoms with E-state index >= 15 is 0 Å². The van der Waals surface area contributed by atoms with Gasteiger partial charge in [-0.05, 0) is 62.2 Å². The van der Waals surface area contributed by atoms with Gasteiger partial charge in [0.1, 0.15) is 0 Å². The molecule has 0 radical (unpaired) electrons. The normalized spacial score (nSPS) is 23.7. The molecule has 2 atom stereocenters. The average molecular weight is 403 g/mol. The van der Waals surface area contributed by atoms with Crippen molar-refractivity contribution in [2.45, 2.75) is 43.8 Å². The Morgan fingerprint density at radius 3 is 2.70 bits per heavy atom. The Morgan fingerprint density at radius 2 is 1.97 bits per heavy atom. The van der Waals surface area contributed by atoms with Gasteiger partial charge in [-0.3, -0.25) is 10.1 Å². The van der Waals surface area contributed by atoms with Gasteiger partial charge in [-0.15, -0.1) is 10.2 Å². The number of H-pyrrole nitrogens is 1. The maximum atomic E-state index is 5.37. The number of nitrogens with one attached hydrogen (secondary N) is 2. The highest BCUT2D eigenvalue weighted by Crippen LogP contribution is 2.34. The van der Waals surface area contributed by atoms with E-state index in [9.17, 15) is 0 Å². The molecule has 4 heterocycles. The summed E-state index contributed by atoms with van der Waals surface area (Å²) >= 11 is 0. The van der Waals surface area contributed by atoms with Crippen LogP contribution in [-0.4, -0.2) is 51.8 Å². The van der Waals surface area contributed by atoms with Gasteiger partial charge < -0.3 is 16.0 Å². The van der Waals surface area contributed by atoms with Crippen LogP contribution in [0.4, 0.5) is 11.5 Å². The van der Waals surface area contributed by atoms with Crippen molar-refractivity contribution in [3.8, 4) is 11.3 Å². The zero-order valence-corrected chi connectivity index (χ0v) is 17.0. The lowest BCUT2D eigenvalue weighted by Gasteiger charge is -2.36. The molecule has 2 bridgehead atoms.